The molecule has 0 aromatic rings. The monoisotopic (exact) mass is 155 g/mol. The average Bonchev–Trinajstić information content (AvgIpc) is 2.05. The molecule has 0 aliphatic rings. The lowest BCUT2D eigenvalue weighted by atomic mass is 9.79. The van der Waals surface area contributed by atoms with E-state index in [1.54, 1.807) is 5.92 Å². The topological polar surface area (TPSA) is 0 Å². The lowest BCUT2D eigenvalue weighted by molar-refractivity contribution is 0.421. The van der Waals surface area contributed by atoms with E-state index in [4.69, 9.17) is 0 Å². The van der Waals surface area contributed by atoms with E-state index in [0.717, 1.165) is 11.8 Å². The molecule has 0 aliphatic heterocycles. The van der Waals surface area contributed by atoms with Crippen LogP contribution < -0.4 is 0 Å². The predicted molar refractivity (Wildman–Crippen MR) is 52.4 cm³/mol. The van der Waals surface area contributed by atoms with E-state index in [1.165, 1.54) is 19.3 Å². The van der Waals surface area contributed by atoms with Crippen molar-refractivity contribution in [3.05, 3.63) is 5.92 Å². The van der Waals surface area contributed by atoms with Gasteiger partial charge in [0, 0.05) is 0 Å². The van der Waals surface area contributed by atoms with Crippen molar-refractivity contribution in [1.29, 1.82) is 0 Å². The molecule has 0 rings (SSSR count). The van der Waals surface area contributed by atoms with Crippen LogP contribution >= 0.6 is 0 Å². The van der Waals surface area contributed by atoms with E-state index in [1.807, 2.05) is 0 Å². The summed E-state index contributed by atoms with van der Waals surface area (Å²) < 4.78 is 0. The first-order chi connectivity index (χ1) is 5.17. The van der Waals surface area contributed by atoms with Crippen LogP contribution in [0.1, 0.15) is 53.9 Å². The minimum Gasteiger partial charge on any atom is -0.308 e. The molecule has 11 heavy (non-hydrogen) atoms. The molecule has 0 saturated heterocycles. The van der Waals surface area contributed by atoms with Crippen LogP contribution in [0.15, 0.2) is 0 Å². The molecule has 2 unspecified atom stereocenters. The molecule has 2 atom stereocenters. The molecule has 0 bridgehead atoms. The van der Waals surface area contributed by atoms with E-state index in [2.05, 4.69) is 34.6 Å². The van der Waals surface area contributed by atoms with Crippen molar-refractivity contribution in [2.75, 3.05) is 0 Å². The summed E-state index contributed by atoms with van der Waals surface area (Å²) in [6.45, 7) is 11.6. The Labute approximate surface area is 72.4 Å². The van der Waals surface area contributed by atoms with Crippen molar-refractivity contribution < 1.29 is 0 Å². The Morgan fingerprint density at radius 2 is 1.27 bits per heavy atom. The zero-order chi connectivity index (χ0) is 8.85. The lowest BCUT2D eigenvalue weighted by Crippen LogP contribution is -2.15. The molecule has 0 N–H and O–H groups in total. The number of hydrogen-bond donors (Lipinski definition) is 0. The Morgan fingerprint density at radius 3 is 1.45 bits per heavy atom. The van der Waals surface area contributed by atoms with Crippen molar-refractivity contribution in [3.8, 4) is 0 Å². The maximum Gasteiger partial charge on any atom is -0.0676 e. The van der Waals surface area contributed by atoms with Gasteiger partial charge in [0.15, 0.2) is 0 Å². The molecule has 0 aliphatic carbocycles. The van der Waals surface area contributed by atoms with Gasteiger partial charge in [-0.25, -0.2) is 0 Å². The standard InChI is InChI=1S/C11H23/c1-6-9(4)11(8-3)10(5)7-2/h9-10H,6-8H2,1-5H3/q-1. The van der Waals surface area contributed by atoms with Crippen LogP contribution in [0.2, 0.25) is 0 Å². The third-order valence-corrected chi connectivity index (χ3v) is 2.90. The van der Waals surface area contributed by atoms with Gasteiger partial charge in [0.2, 0.25) is 0 Å². The van der Waals surface area contributed by atoms with Crippen LogP contribution in [0, 0.1) is 17.8 Å². The maximum atomic E-state index is 2.35. The summed E-state index contributed by atoms with van der Waals surface area (Å²) >= 11 is 0. The Bertz CT molecular complexity index is 76.0. The minimum absolute atomic E-state index is 0.829. The second kappa shape index (κ2) is 5.62. The summed E-state index contributed by atoms with van der Waals surface area (Å²) in [5, 5.41) is 0. The van der Waals surface area contributed by atoms with E-state index in [-0.39, 0.29) is 0 Å². The number of hydrogen-bond acceptors (Lipinski definition) is 0. The zero-order valence-electron chi connectivity index (χ0n) is 8.78. The lowest BCUT2D eigenvalue weighted by Gasteiger charge is -2.41. The van der Waals surface area contributed by atoms with Gasteiger partial charge in [-0.1, -0.05) is 47.5 Å². The molecule has 0 heterocycles. The normalized spacial score (nSPS) is 16.9. The first-order valence-electron chi connectivity index (χ1n) is 5.02. The van der Waals surface area contributed by atoms with Gasteiger partial charge in [-0.2, -0.15) is 18.3 Å². The van der Waals surface area contributed by atoms with Gasteiger partial charge >= 0.3 is 0 Å². The van der Waals surface area contributed by atoms with Crippen LogP contribution in [-0.2, 0) is 0 Å². The summed E-state index contributed by atoms with van der Waals surface area (Å²) in [6, 6.07) is 0. The summed E-state index contributed by atoms with van der Waals surface area (Å²) in [6.07, 6.45) is 3.87. The highest BCUT2D eigenvalue weighted by Crippen LogP contribution is 2.30. The molecule has 0 nitrogen and oxygen atoms in total. The second-order valence-corrected chi connectivity index (χ2v) is 3.55. The molecule has 0 fully saturated rings. The minimum atomic E-state index is 0.829. The van der Waals surface area contributed by atoms with E-state index < -0.39 is 0 Å². The van der Waals surface area contributed by atoms with Crippen LogP contribution in [0.4, 0.5) is 0 Å². The highest BCUT2D eigenvalue weighted by molar-refractivity contribution is 4.96. The molecule has 0 amide bonds. The van der Waals surface area contributed by atoms with Gasteiger partial charge < -0.3 is 5.92 Å². The molecular weight excluding hydrogens is 132 g/mol. The van der Waals surface area contributed by atoms with Crippen LogP contribution in [0.25, 0.3) is 0 Å². The quantitative estimate of drug-likeness (QED) is 0.525. The SMILES string of the molecule is CC[C-](C(C)CC)C(C)CC. The van der Waals surface area contributed by atoms with E-state index in [0.29, 0.717) is 0 Å². The van der Waals surface area contributed by atoms with Gasteiger partial charge in [-0.15, -0.1) is 0 Å². The largest absolute Gasteiger partial charge is 0.308 e. The summed E-state index contributed by atoms with van der Waals surface area (Å²) in [4.78, 5) is 0. The molecule has 68 valence electrons. The molecule has 0 saturated carbocycles. The molecule has 0 heteroatoms. The van der Waals surface area contributed by atoms with Crippen LogP contribution in [-0.4, -0.2) is 0 Å². The van der Waals surface area contributed by atoms with Gasteiger partial charge in [-0.3, -0.25) is 0 Å². The van der Waals surface area contributed by atoms with Crippen molar-refractivity contribution in [3.63, 3.8) is 0 Å². The predicted octanol–water partition coefficient (Wildman–Crippen LogP) is 4.06. The van der Waals surface area contributed by atoms with Crippen molar-refractivity contribution in [2.45, 2.75) is 53.9 Å². The van der Waals surface area contributed by atoms with E-state index >= 15 is 0 Å². The first-order valence-corrected chi connectivity index (χ1v) is 5.02. The van der Waals surface area contributed by atoms with Gasteiger partial charge in [-0.05, 0) is 0 Å². The van der Waals surface area contributed by atoms with Crippen molar-refractivity contribution >= 4 is 0 Å². The molecule has 0 aromatic heterocycles. The van der Waals surface area contributed by atoms with E-state index in [9.17, 15) is 0 Å². The fourth-order valence-corrected chi connectivity index (χ4v) is 1.71. The smallest absolute Gasteiger partial charge is 0.0676 e. The molecular formula is C11H23-. The van der Waals surface area contributed by atoms with Crippen molar-refractivity contribution in [2.24, 2.45) is 11.8 Å². The van der Waals surface area contributed by atoms with Gasteiger partial charge in [0.05, 0.1) is 0 Å². The zero-order valence-corrected chi connectivity index (χ0v) is 8.78. The summed E-state index contributed by atoms with van der Waals surface area (Å²) in [5.74, 6) is 3.42. The van der Waals surface area contributed by atoms with Crippen molar-refractivity contribution in [1.82, 2.24) is 0 Å². The first kappa shape index (κ1) is 11.0. The third kappa shape index (κ3) is 3.27. The van der Waals surface area contributed by atoms with Gasteiger partial charge in [0.25, 0.3) is 0 Å². The summed E-state index contributed by atoms with van der Waals surface area (Å²) in [7, 11) is 0. The molecule has 0 spiro atoms. The maximum absolute atomic E-state index is 2.35. The van der Waals surface area contributed by atoms with Crippen LogP contribution in [0.5, 0.6) is 0 Å². The fourth-order valence-electron chi connectivity index (χ4n) is 1.71. The van der Waals surface area contributed by atoms with Crippen LogP contribution in [0.3, 0.4) is 0 Å². The fraction of sp³-hybridized carbons (Fsp3) is 0.909. The Balaban J connectivity index is 3.92. The highest BCUT2D eigenvalue weighted by Gasteiger charge is 2.04. The third-order valence-electron chi connectivity index (χ3n) is 2.90. The second-order valence-electron chi connectivity index (χ2n) is 3.55. The molecule has 0 radical (unpaired) electrons. The highest BCUT2D eigenvalue weighted by atomic mass is 14.2. The Kier molecular flexibility index (Phi) is 5.62. The summed E-state index contributed by atoms with van der Waals surface area (Å²) in [5.41, 5.74) is 0. The van der Waals surface area contributed by atoms with Gasteiger partial charge in [0.1, 0.15) is 0 Å². The Hall–Kier alpha value is 0. The average molecular weight is 155 g/mol. The Morgan fingerprint density at radius 1 is 0.909 bits per heavy atom. The number of rotatable bonds is 5. The molecule has 0 aromatic carbocycles.